The molecule has 1 aromatic carbocycles. The van der Waals surface area contributed by atoms with Gasteiger partial charge in [-0.1, -0.05) is 11.6 Å². The topological polar surface area (TPSA) is 83.8 Å². The molecule has 5 rings (SSSR count). The molecule has 2 aliphatic heterocycles. The molecular weight excluding hydrogens is 389 g/mol. The number of hydrogen-bond donors (Lipinski definition) is 2. The fourth-order valence-electron chi connectivity index (χ4n) is 4.29. The van der Waals surface area contributed by atoms with Crippen molar-refractivity contribution in [1.29, 1.82) is 0 Å². The first-order valence-electron chi connectivity index (χ1n) is 9.35. The number of carboxylic acid groups (broad SMARTS) is 1. The van der Waals surface area contributed by atoms with Gasteiger partial charge in [0.2, 0.25) is 5.43 Å². The minimum atomic E-state index is -1.33. The molecule has 0 amide bonds. The van der Waals surface area contributed by atoms with E-state index in [0.717, 1.165) is 25.5 Å². The number of pyridine rings is 1. The number of nitrogens with zero attached hydrogens (tertiary/aromatic N) is 2. The maximum atomic E-state index is 15.1. The van der Waals surface area contributed by atoms with Crippen molar-refractivity contribution in [3.63, 3.8) is 0 Å². The first kappa shape index (κ1) is 17.9. The second-order valence-corrected chi connectivity index (χ2v) is 7.99. The number of rotatable bonds is 3. The highest BCUT2D eigenvalue weighted by molar-refractivity contribution is 6.38. The molecule has 1 aromatic heterocycles. The molecule has 1 aliphatic carbocycles. The average Bonchev–Trinajstić information content (AvgIpc) is 3.41. The molecule has 3 aliphatic rings. The number of carbonyl (C=O) groups is 1. The predicted molar refractivity (Wildman–Crippen MR) is 102 cm³/mol. The Bertz CT molecular complexity index is 1040. The van der Waals surface area contributed by atoms with Gasteiger partial charge in [0.25, 0.3) is 0 Å². The van der Waals surface area contributed by atoms with Crippen molar-refractivity contribution in [3.8, 4) is 0 Å². The smallest absolute Gasteiger partial charge is 0.341 e. The number of anilines is 1. The molecule has 28 heavy (non-hydrogen) atoms. The Hall–Kier alpha value is -2.16. The molecule has 0 bridgehead atoms. The van der Waals surface area contributed by atoms with Crippen LogP contribution < -0.4 is 15.6 Å². The zero-order valence-electron chi connectivity index (χ0n) is 15.0. The molecule has 1 saturated carbocycles. The molecular formula is C19H19ClFN3O4. The average molecular weight is 408 g/mol. The van der Waals surface area contributed by atoms with Gasteiger partial charge in [0.05, 0.1) is 40.4 Å². The molecule has 148 valence electrons. The molecule has 0 radical (unpaired) electrons. The van der Waals surface area contributed by atoms with E-state index in [9.17, 15) is 14.7 Å². The van der Waals surface area contributed by atoms with E-state index < -0.39 is 17.2 Å². The number of nitrogens with one attached hydrogen (secondary N) is 1. The first-order chi connectivity index (χ1) is 13.5. The SMILES string of the molecule is O=C(O)c1cn(C2CC2)c2c(Cl)c(N3C[C@@H]4OCCN[C@@H]4C3)c(F)cc2c1=O. The number of halogens is 2. The maximum absolute atomic E-state index is 15.1. The lowest BCUT2D eigenvalue weighted by atomic mass is 10.1. The van der Waals surface area contributed by atoms with E-state index in [4.69, 9.17) is 16.3 Å². The van der Waals surface area contributed by atoms with Crippen molar-refractivity contribution in [2.75, 3.05) is 31.1 Å². The van der Waals surface area contributed by atoms with Crippen LogP contribution in [0.15, 0.2) is 17.1 Å². The normalized spacial score (nSPS) is 24.6. The zero-order chi connectivity index (χ0) is 19.6. The summed E-state index contributed by atoms with van der Waals surface area (Å²) in [5.74, 6) is -1.95. The third kappa shape index (κ3) is 2.70. The van der Waals surface area contributed by atoms with Gasteiger partial charge in [-0.25, -0.2) is 9.18 Å². The van der Waals surface area contributed by atoms with Gasteiger partial charge in [-0.05, 0) is 18.9 Å². The van der Waals surface area contributed by atoms with E-state index >= 15 is 4.39 Å². The molecule has 7 nitrogen and oxygen atoms in total. The lowest BCUT2D eigenvalue weighted by molar-refractivity contribution is 0.0212. The predicted octanol–water partition coefficient (Wildman–Crippen LogP) is 2.00. The van der Waals surface area contributed by atoms with Gasteiger partial charge in [-0.2, -0.15) is 0 Å². The maximum Gasteiger partial charge on any atom is 0.341 e. The van der Waals surface area contributed by atoms with Gasteiger partial charge in [-0.3, -0.25) is 4.79 Å². The van der Waals surface area contributed by atoms with Crippen LogP contribution in [0.1, 0.15) is 29.2 Å². The molecule has 2 saturated heterocycles. The number of benzene rings is 1. The summed E-state index contributed by atoms with van der Waals surface area (Å²) < 4.78 is 22.6. The minimum Gasteiger partial charge on any atom is -0.477 e. The standard InChI is InChI=1S/C19H19ClFN3O4/c20-15-16-10(18(25)11(19(26)27)6-24(16)9-1-2-9)5-12(21)17(15)23-7-13-14(8-23)28-4-3-22-13/h5-6,9,13-14,22H,1-4,7-8H2,(H,26,27)/t13-,14+/m1/s1. The Morgan fingerprint density at radius 1 is 1.36 bits per heavy atom. The summed E-state index contributed by atoms with van der Waals surface area (Å²) in [5.41, 5.74) is -0.440. The Labute approximate surface area is 164 Å². The second kappa shape index (κ2) is 6.43. The Kier molecular flexibility index (Phi) is 4.12. The van der Waals surface area contributed by atoms with Gasteiger partial charge in [0.1, 0.15) is 11.4 Å². The molecule has 2 aromatic rings. The molecule has 0 spiro atoms. The summed E-state index contributed by atoms with van der Waals surface area (Å²) in [4.78, 5) is 26.0. The molecule has 2 N–H and O–H groups in total. The van der Waals surface area contributed by atoms with Crippen LogP contribution in [0.25, 0.3) is 10.9 Å². The van der Waals surface area contributed by atoms with Crippen LogP contribution in [0.5, 0.6) is 0 Å². The van der Waals surface area contributed by atoms with Crippen LogP contribution in [-0.2, 0) is 4.74 Å². The lowest BCUT2D eigenvalue weighted by Crippen LogP contribution is -2.47. The number of aromatic nitrogens is 1. The summed E-state index contributed by atoms with van der Waals surface area (Å²) >= 11 is 6.66. The number of ether oxygens (including phenoxy) is 1. The third-order valence-corrected chi connectivity index (χ3v) is 6.14. The van der Waals surface area contributed by atoms with Crippen molar-refractivity contribution in [2.24, 2.45) is 0 Å². The highest BCUT2D eigenvalue weighted by Crippen LogP contribution is 2.42. The van der Waals surface area contributed by atoms with E-state index in [1.807, 2.05) is 4.90 Å². The summed E-state index contributed by atoms with van der Waals surface area (Å²) in [6.45, 7) is 2.42. The zero-order valence-corrected chi connectivity index (χ0v) is 15.7. The van der Waals surface area contributed by atoms with Crippen molar-refractivity contribution >= 4 is 34.2 Å². The third-order valence-electron chi connectivity index (χ3n) is 5.78. The Morgan fingerprint density at radius 2 is 2.14 bits per heavy atom. The van der Waals surface area contributed by atoms with Crippen LogP contribution in [0, 0.1) is 5.82 Å². The second-order valence-electron chi connectivity index (χ2n) is 7.61. The van der Waals surface area contributed by atoms with E-state index in [-0.39, 0.29) is 39.8 Å². The highest BCUT2D eigenvalue weighted by atomic mass is 35.5. The van der Waals surface area contributed by atoms with Crippen molar-refractivity contribution < 1.29 is 19.0 Å². The monoisotopic (exact) mass is 407 g/mol. The van der Waals surface area contributed by atoms with Crippen LogP contribution in [-0.4, -0.2) is 54.0 Å². The fourth-order valence-corrected chi connectivity index (χ4v) is 4.70. The number of fused-ring (bicyclic) bond motifs is 2. The lowest BCUT2D eigenvalue weighted by Gasteiger charge is -2.25. The van der Waals surface area contributed by atoms with E-state index in [1.165, 1.54) is 6.20 Å². The van der Waals surface area contributed by atoms with E-state index in [0.29, 0.717) is 25.2 Å². The van der Waals surface area contributed by atoms with Crippen LogP contribution in [0.4, 0.5) is 10.1 Å². The quantitative estimate of drug-likeness (QED) is 0.809. The van der Waals surface area contributed by atoms with Crippen LogP contribution >= 0.6 is 11.6 Å². The molecule has 3 fully saturated rings. The molecule has 9 heteroatoms. The van der Waals surface area contributed by atoms with Gasteiger partial charge >= 0.3 is 5.97 Å². The van der Waals surface area contributed by atoms with E-state index in [2.05, 4.69) is 5.32 Å². The molecule has 3 heterocycles. The van der Waals surface area contributed by atoms with Gasteiger partial charge in [-0.15, -0.1) is 0 Å². The van der Waals surface area contributed by atoms with Crippen molar-refractivity contribution in [2.45, 2.75) is 31.0 Å². The number of morpholine rings is 1. The number of aromatic carboxylic acids is 1. The fraction of sp³-hybridized carbons (Fsp3) is 0.474. The van der Waals surface area contributed by atoms with Crippen LogP contribution in [0.2, 0.25) is 5.02 Å². The Morgan fingerprint density at radius 3 is 2.82 bits per heavy atom. The van der Waals surface area contributed by atoms with E-state index in [1.54, 1.807) is 4.57 Å². The van der Waals surface area contributed by atoms with Crippen LogP contribution in [0.3, 0.4) is 0 Å². The van der Waals surface area contributed by atoms with Crippen molar-refractivity contribution in [1.82, 2.24) is 9.88 Å². The molecule has 0 unspecified atom stereocenters. The number of hydrogen-bond acceptors (Lipinski definition) is 5. The highest BCUT2D eigenvalue weighted by Gasteiger charge is 2.38. The summed E-state index contributed by atoms with van der Waals surface area (Å²) in [6.07, 6.45) is 3.03. The minimum absolute atomic E-state index is 0.00374. The van der Waals surface area contributed by atoms with Gasteiger partial charge in [0.15, 0.2) is 0 Å². The number of carboxylic acids is 1. The largest absolute Gasteiger partial charge is 0.477 e. The molecule has 2 atom stereocenters. The van der Waals surface area contributed by atoms with Gasteiger partial charge in [0, 0.05) is 31.9 Å². The summed E-state index contributed by atoms with van der Waals surface area (Å²) in [7, 11) is 0. The van der Waals surface area contributed by atoms with Crippen molar-refractivity contribution in [3.05, 3.63) is 38.9 Å². The summed E-state index contributed by atoms with van der Waals surface area (Å²) in [6, 6.07) is 1.29. The Balaban J connectivity index is 1.70. The van der Waals surface area contributed by atoms with Gasteiger partial charge < -0.3 is 24.6 Å². The first-order valence-corrected chi connectivity index (χ1v) is 9.73. The summed E-state index contributed by atoms with van der Waals surface area (Å²) in [5, 5.41) is 12.9.